The smallest absolute Gasteiger partial charge is 0.118 e. The molecule has 2 aromatic carbocycles. The second-order valence-electron chi connectivity index (χ2n) is 3.03. The summed E-state index contributed by atoms with van der Waals surface area (Å²) in [7, 11) is 1.66. The Kier molecular flexibility index (Phi) is 5.90. The van der Waals surface area contributed by atoms with Gasteiger partial charge in [0.2, 0.25) is 0 Å². The van der Waals surface area contributed by atoms with Crippen LogP contribution in [0.5, 0.6) is 5.75 Å². The average Bonchev–Trinajstić information content (AvgIpc) is 2.35. The molecular formula is C13H14OS2. The minimum absolute atomic E-state index is 0.910. The fourth-order valence-electron chi connectivity index (χ4n) is 1.01. The van der Waals surface area contributed by atoms with E-state index in [1.54, 1.807) is 7.11 Å². The van der Waals surface area contributed by atoms with Crippen LogP contribution in [0.1, 0.15) is 0 Å². The Balaban J connectivity index is 0.000000160. The van der Waals surface area contributed by atoms with Crippen molar-refractivity contribution in [1.29, 1.82) is 0 Å². The Bertz CT molecular complexity index is 377. The maximum atomic E-state index is 4.91. The highest BCUT2D eigenvalue weighted by Gasteiger charge is 1.81. The van der Waals surface area contributed by atoms with Crippen molar-refractivity contribution in [2.75, 3.05) is 7.11 Å². The minimum atomic E-state index is 0.910. The highest BCUT2D eigenvalue weighted by atomic mass is 32.1. The Morgan fingerprint density at radius 1 is 0.750 bits per heavy atom. The fourth-order valence-corrected chi connectivity index (χ4v) is 1.31. The average molecular weight is 250 g/mol. The molecule has 84 valence electrons. The molecule has 0 aliphatic rings. The Morgan fingerprint density at radius 2 is 1.19 bits per heavy atom. The van der Waals surface area contributed by atoms with Crippen molar-refractivity contribution in [1.82, 2.24) is 0 Å². The molecule has 2 aromatic rings. The zero-order valence-corrected chi connectivity index (χ0v) is 10.8. The largest absolute Gasteiger partial charge is 0.497 e. The van der Waals surface area contributed by atoms with Crippen LogP contribution in [-0.2, 0) is 0 Å². The van der Waals surface area contributed by atoms with Crippen LogP contribution < -0.4 is 4.74 Å². The van der Waals surface area contributed by atoms with E-state index in [2.05, 4.69) is 25.3 Å². The Hall–Kier alpha value is -1.06. The summed E-state index contributed by atoms with van der Waals surface area (Å²) in [5.41, 5.74) is 0. The molecule has 0 amide bonds. The normalized spacial score (nSPS) is 8.94. The molecule has 0 saturated heterocycles. The molecule has 0 radical (unpaired) electrons. The minimum Gasteiger partial charge on any atom is -0.497 e. The first-order chi connectivity index (χ1) is 7.72. The van der Waals surface area contributed by atoms with E-state index in [0.717, 1.165) is 15.5 Å². The summed E-state index contributed by atoms with van der Waals surface area (Å²) in [5, 5.41) is 0. The summed E-state index contributed by atoms with van der Waals surface area (Å²) in [5.74, 6) is 0.910. The lowest BCUT2D eigenvalue weighted by Gasteiger charge is -1.93. The Morgan fingerprint density at radius 3 is 1.50 bits per heavy atom. The zero-order valence-electron chi connectivity index (χ0n) is 9.00. The highest BCUT2D eigenvalue weighted by Crippen LogP contribution is 2.09. The SMILES string of the molecule is COc1ccccc1.Sc1ccc(S)cc1. The van der Waals surface area contributed by atoms with E-state index < -0.39 is 0 Å². The van der Waals surface area contributed by atoms with Crippen LogP contribution in [0.4, 0.5) is 0 Å². The molecule has 0 aliphatic heterocycles. The second-order valence-corrected chi connectivity index (χ2v) is 4.07. The number of para-hydroxylation sites is 1. The van der Waals surface area contributed by atoms with Crippen LogP contribution >= 0.6 is 25.3 Å². The molecule has 3 heteroatoms. The third-order valence-electron chi connectivity index (χ3n) is 1.83. The van der Waals surface area contributed by atoms with Gasteiger partial charge in [0.05, 0.1) is 7.11 Å². The molecule has 0 bridgehead atoms. The van der Waals surface area contributed by atoms with Gasteiger partial charge >= 0.3 is 0 Å². The summed E-state index contributed by atoms with van der Waals surface area (Å²) < 4.78 is 4.91. The van der Waals surface area contributed by atoms with Gasteiger partial charge in [-0.3, -0.25) is 0 Å². The molecule has 0 N–H and O–H groups in total. The van der Waals surface area contributed by atoms with Gasteiger partial charge in [-0.1, -0.05) is 18.2 Å². The lowest BCUT2D eigenvalue weighted by Crippen LogP contribution is -1.78. The maximum absolute atomic E-state index is 4.91. The standard InChI is InChI=1S/C7H8O.C6H6S2/c1-8-7-5-3-2-4-6-7;7-5-1-2-6(8)4-3-5/h2-6H,1H3;1-4,7-8H. The summed E-state index contributed by atoms with van der Waals surface area (Å²) in [6.45, 7) is 0. The van der Waals surface area contributed by atoms with Crippen molar-refractivity contribution in [3.63, 3.8) is 0 Å². The number of benzene rings is 2. The predicted octanol–water partition coefficient (Wildman–Crippen LogP) is 3.96. The lowest BCUT2D eigenvalue weighted by molar-refractivity contribution is 0.415. The monoisotopic (exact) mass is 250 g/mol. The van der Waals surface area contributed by atoms with Gasteiger partial charge in [0.15, 0.2) is 0 Å². The van der Waals surface area contributed by atoms with Crippen molar-refractivity contribution in [3.8, 4) is 5.75 Å². The third kappa shape index (κ3) is 5.14. The van der Waals surface area contributed by atoms with Gasteiger partial charge in [0, 0.05) is 9.79 Å². The lowest BCUT2D eigenvalue weighted by atomic mass is 10.3. The van der Waals surface area contributed by atoms with Crippen LogP contribution in [-0.4, -0.2) is 7.11 Å². The van der Waals surface area contributed by atoms with E-state index in [-0.39, 0.29) is 0 Å². The van der Waals surface area contributed by atoms with E-state index >= 15 is 0 Å². The molecule has 0 fully saturated rings. The van der Waals surface area contributed by atoms with E-state index in [1.807, 2.05) is 54.6 Å². The van der Waals surface area contributed by atoms with Gasteiger partial charge in [-0.15, -0.1) is 25.3 Å². The summed E-state index contributed by atoms with van der Waals surface area (Å²) in [6, 6.07) is 17.3. The van der Waals surface area contributed by atoms with E-state index in [4.69, 9.17) is 4.74 Å². The molecular weight excluding hydrogens is 236 g/mol. The molecule has 0 atom stereocenters. The number of ether oxygens (including phenoxy) is 1. The van der Waals surface area contributed by atoms with Crippen molar-refractivity contribution in [2.24, 2.45) is 0 Å². The van der Waals surface area contributed by atoms with Crippen molar-refractivity contribution in [2.45, 2.75) is 9.79 Å². The summed E-state index contributed by atoms with van der Waals surface area (Å²) in [4.78, 5) is 1.95. The number of methoxy groups -OCH3 is 1. The number of rotatable bonds is 1. The van der Waals surface area contributed by atoms with Gasteiger partial charge in [-0.25, -0.2) is 0 Å². The van der Waals surface area contributed by atoms with Crippen LogP contribution in [0.3, 0.4) is 0 Å². The van der Waals surface area contributed by atoms with Gasteiger partial charge in [0.25, 0.3) is 0 Å². The van der Waals surface area contributed by atoms with Gasteiger partial charge in [0.1, 0.15) is 5.75 Å². The van der Waals surface area contributed by atoms with E-state index in [0.29, 0.717) is 0 Å². The van der Waals surface area contributed by atoms with Crippen LogP contribution in [0.25, 0.3) is 0 Å². The molecule has 16 heavy (non-hydrogen) atoms. The molecule has 0 unspecified atom stereocenters. The fraction of sp³-hybridized carbons (Fsp3) is 0.0769. The molecule has 0 heterocycles. The van der Waals surface area contributed by atoms with Crippen LogP contribution in [0, 0.1) is 0 Å². The summed E-state index contributed by atoms with van der Waals surface area (Å²) >= 11 is 8.20. The quantitative estimate of drug-likeness (QED) is 0.728. The maximum Gasteiger partial charge on any atom is 0.118 e. The van der Waals surface area contributed by atoms with Crippen LogP contribution in [0.2, 0.25) is 0 Å². The molecule has 0 aliphatic carbocycles. The number of thiol groups is 2. The van der Waals surface area contributed by atoms with Gasteiger partial charge in [-0.05, 0) is 36.4 Å². The molecule has 0 aromatic heterocycles. The van der Waals surface area contributed by atoms with Crippen molar-refractivity contribution < 1.29 is 4.74 Å². The van der Waals surface area contributed by atoms with Gasteiger partial charge in [-0.2, -0.15) is 0 Å². The van der Waals surface area contributed by atoms with Crippen molar-refractivity contribution >= 4 is 25.3 Å². The summed E-state index contributed by atoms with van der Waals surface area (Å²) in [6.07, 6.45) is 0. The third-order valence-corrected chi connectivity index (χ3v) is 2.42. The Labute approximate surface area is 107 Å². The van der Waals surface area contributed by atoms with Gasteiger partial charge < -0.3 is 4.74 Å². The molecule has 0 saturated carbocycles. The number of hydrogen-bond acceptors (Lipinski definition) is 3. The van der Waals surface area contributed by atoms with E-state index in [1.165, 1.54) is 0 Å². The zero-order chi connectivity index (χ0) is 11.8. The highest BCUT2D eigenvalue weighted by molar-refractivity contribution is 7.80. The molecule has 2 rings (SSSR count). The molecule has 0 spiro atoms. The topological polar surface area (TPSA) is 9.23 Å². The van der Waals surface area contributed by atoms with Crippen molar-refractivity contribution in [3.05, 3.63) is 54.6 Å². The first-order valence-corrected chi connectivity index (χ1v) is 5.69. The van der Waals surface area contributed by atoms with E-state index in [9.17, 15) is 0 Å². The first kappa shape index (κ1) is 13.0. The predicted molar refractivity (Wildman–Crippen MR) is 73.9 cm³/mol. The number of hydrogen-bond donors (Lipinski definition) is 2. The first-order valence-electron chi connectivity index (χ1n) is 4.79. The second kappa shape index (κ2) is 7.25. The van der Waals surface area contributed by atoms with Crippen LogP contribution in [0.15, 0.2) is 64.4 Å². The molecule has 1 nitrogen and oxygen atoms in total.